The topological polar surface area (TPSA) is 46.2 Å². The number of aldehydes is 1. The minimum atomic E-state index is -0.130. The summed E-state index contributed by atoms with van der Waals surface area (Å²) in [5.74, 6) is 0.912. The van der Waals surface area contributed by atoms with Crippen molar-refractivity contribution in [1.29, 1.82) is 0 Å². The molecule has 112 valence electrons. The van der Waals surface area contributed by atoms with E-state index in [1.54, 1.807) is 24.3 Å². The van der Waals surface area contributed by atoms with E-state index in [9.17, 15) is 9.59 Å². The molecular formula is C18H17NO2S. The fourth-order valence-corrected chi connectivity index (χ4v) is 3.84. The van der Waals surface area contributed by atoms with Crippen LogP contribution >= 0.6 is 11.8 Å². The number of amides is 1. The highest BCUT2D eigenvalue weighted by atomic mass is 32.2. The van der Waals surface area contributed by atoms with Gasteiger partial charge in [0.05, 0.1) is 0 Å². The second-order valence-electron chi connectivity index (χ2n) is 6.08. The first kappa shape index (κ1) is 14.9. The quantitative estimate of drug-likeness (QED) is 0.867. The smallest absolute Gasteiger partial charge is 0.255 e. The Morgan fingerprint density at radius 2 is 1.91 bits per heavy atom. The van der Waals surface area contributed by atoms with Crippen LogP contribution in [0.2, 0.25) is 0 Å². The Balaban J connectivity index is 1.82. The van der Waals surface area contributed by atoms with Gasteiger partial charge in [0.25, 0.3) is 5.91 Å². The highest BCUT2D eigenvalue weighted by Crippen LogP contribution is 2.43. The van der Waals surface area contributed by atoms with E-state index in [0.717, 1.165) is 12.0 Å². The molecule has 1 aliphatic heterocycles. The van der Waals surface area contributed by atoms with Gasteiger partial charge in [-0.1, -0.05) is 13.8 Å². The Labute approximate surface area is 134 Å². The minimum absolute atomic E-state index is 0.0991. The van der Waals surface area contributed by atoms with Gasteiger partial charge in [-0.15, -0.1) is 11.8 Å². The number of thioether (sulfide) groups is 1. The summed E-state index contributed by atoms with van der Waals surface area (Å²) >= 11 is 1.84. The van der Waals surface area contributed by atoms with Gasteiger partial charge in [-0.25, -0.2) is 0 Å². The molecule has 0 unspecified atom stereocenters. The van der Waals surface area contributed by atoms with Gasteiger partial charge in [0.1, 0.15) is 6.29 Å². The summed E-state index contributed by atoms with van der Waals surface area (Å²) in [7, 11) is 0. The molecule has 1 N–H and O–H groups in total. The zero-order valence-electron chi connectivity index (χ0n) is 12.6. The number of nitrogens with one attached hydrogen (secondary N) is 1. The number of rotatable bonds is 3. The number of benzene rings is 2. The molecule has 22 heavy (non-hydrogen) atoms. The van der Waals surface area contributed by atoms with Crippen molar-refractivity contribution < 1.29 is 9.59 Å². The summed E-state index contributed by atoms with van der Waals surface area (Å²) in [6.45, 7) is 4.40. The van der Waals surface area contributed by atoms with Gasteiger partial charge < -0.3 is 5.32 Å². The maximum atomic E-state index is 12.4. The lowest BCUT2D eigenvalue weighted by Gasteiger charge is -2.18. The molecule has 0 fully saturated rings. The van der Waals surface area contributed by atoms with Crippen LogP contribution in [0, 0.1) is 0 Å². The highest BCUT2D eigenvalue weighted by Gasteiger charge is 2.31. The molecule has 0 spiro atoms. The number of fused-ring (bicyclic) bond motifs is 1. The Morgan fingerprint density at radius 1 is 1.18 bits per heavy atom. The van der Waals surface area contributed by atoms with E-state index >= 15 is 0 Å². The van der Waals surface area contributed by atoms with Gasteiger partial charge in [0.2, 0.25) is 0 Å². The molecule has 0 saturated carbocycles. The number of carbonyl (C=O) groups is 2. The van der Waals surface area contributed by atoms with Crippen molar-refractivity contribution in [2.24, 2.45) is 0 Å². The molecule has 3 rings (SSSR count). The second kappa shape index (κ2) is 5.61. The van der Waals surface area contributed by atoms with Gasteiger partial charge in [-0.2, -0.15) is 0 Å². The van der Waals surface area contributed by atoms with Gasteiger partial charge in [0, 0.05) is 32.9 Å². The molecule has 0 radical (unpaired) electrons. The van der Waals surface area contributed by atoms with Gasteiger partial charge >= 0.3 is 0 Å². The summed E-state index contributed by atoms with van der Waals surface area (Å²) in [6.07, 6.45) is 0.784. The lowest BCUT2D eigenvalue weighted by Crippen LogP contribution is -2.18. The van der Waals surface area contributed by atoms with E-state index in [0.29, 0.717) is 16.8 Å². The Kier molecular flexibility index (Phi) is 3.79. The number of carbonyl (C=O) groups excluding carboxylic acids is 2. The molecule has 0 aromatic heterocycles. The average Bonchev–Trinajstić information content (AvgIpc) is 2.83. The third kappa shape index (κ3) is 2.79. The van der Waals surface area contributed by atoms with Crippen LogP contribution in [0.1, 0.15) is 40.1 Å². The molecule has 2 aromatic rings. The maximum absolute atomic E-state index is 12.4. The van der Waals surface area contributed by atoms with Gasteiger partial charge in [-0.05, 0) is 48.0 Å². The monoisotopic (exact) mass is 311 g/mol. The van der Waals surface area contributed by atoms with E-state index in [1.807, 2.05) is 30.0 Å². The van der Waals surface area contributed by atoms with Crippen LogP contribution in [0.5, 0.6) is 0 Å². The first-order chi connectivity index (χ1) is 10.5. The molecular weight excluding hydrogens is 294 g/mol. The third-order valence-corrected chi connectivity index (χ3v) is 5.40. The van der Waals surface area contributed by atoms with E-state index in [4.69, 9.17) is 0 Å². The molecule has 1 heterocycles. The maximum Gasteiger partial charge on any atom is 0.255 e. The summed E-state index contributed by atoms with van der Waals surface area (Å²) in [4.78, 5) is 24.3. The Hall–Kier alpha value is -2.07. The van der Waals surface area contributed by atoms with Crippen LogP contribution in [0.15, 0.2) is 47.4 Å². The molecule has 1 amide bonds. The fraction of sp³-hybridized carbons (Fsp3) is 0.222. The zero-order valence-corrected chi connectivity index (χ0v) is 13.4. The lowest BCUT2D eigenvalue weighted by atomic mass is 9.86. The van der Waals surface area contributed by atoms with Crippen molar-refractivity contribution in [3.05, 3.63) is 59.2 Å². The van der Waals surface area contributed by atoms with Gasteiger partial charge in [0.15, 0.2) is 0 Å². The van der Waals surface area contributed by atoms with Gasteiger partial charge in [-0.3, -0.25) is 9.59 Å². The van der Waals surface area contributed by atoms with Crippen LogP contribution in [-0.2, 0) is 5.41 Å². The van der Waals surface area contributed by atoms with E-state index in [1.165, 1.54) is 10.5 Å². The number of anilines is 1. The van der Waals surface area contributed by atoms with Crippen molar-refractivity contribution >= 4 is 29.6 Å². The second-order valence-corrected chi connectivity index (χ2v) is 7.09. The first-order valence-electron chi connectivity index (χ1n) is 7.13. The molecule has 3 nitrogen and oxygen atoms in total. The molecule has 0 bridgehead atoms. The highest BCUT2D eigenvalue weighted by molar-refractivity contribution is 7.99. The summed E-state index contributed by atoms with van der Waals surface area (Å²) in [5, 5.41) is 2.87. The predicted octanol–water partition coefficient (Wildman–Crippen LogP) is 4.13. The molecule has 0 atom stereocenters. The van der Waals surface area contributed by atoms with Crippen molar-refractivity contribution in [3.63, 3.8) is 0 Å². The summed E-state index contributed by atoms with van der Waals surface area (Å²) < 4.78 is 0. The lowest BCUT2D eigenvalue weighted by molar-refractivity contribution is 0.102. The van der Waals surface area contributed by atoms with Crippen LogP contribution in [-0.4, -0.2) is 17.9 Å². The molecule has 1 aliphatic rings. The normalized spacial score (nSPS) is 15.2. The predicted molar refractivity (Wildman–Crippen MR) is 90.0 cm³/mol. The third-order valence-electron chi connectivity index (χ3n) is 3.86. The van der Waals surface area contributed by atoms with Crippen LogP contribution in [0.3, 0.4) is 0 Å². The molecule has 4 heteroatoms. The largest absolute Gasteiger partial charge is 0.322 e. The molecule has 0 saturated heterocycles. The summed E-state index contributed by atoms with van der Waals surface area (Å²) in [5.41, 5.74) is 3.27. The van der Waals surface area contributed by atoms with E-state index in [2.05, 4.69) is 19.2 Å². The average molecular weight is 311 g/mol. The molecule has 0 aliphatic carbocycles. The van der Waals surface area contributed by atoms with Crippen LogP contribution < -0.4 is 5.32 Å². The zero-order chi connectivity index (χ0) is 15.7. The van der Waals surface area contributed by atoms with Crippen LogP contribution in [0.25, 0.3) is 0 Å². The SMILES string of the molecule is CC1(C)CSc2ccc(C(=O)Nc3ccc(C=O)cc3)cc21. The fourth-order valence-electron chi connectivity index (χ4n) is 2.51. The van der Waals surface area contributed by atoms with Crippen molar-refractivity contribution in [3.8, 4) is 0 Å². The van der Waals surface area contributed by atoms with Crippen molar-refractivity contribution in [1.82, 2.24) is 0 Å². The molecule has 2 aromatic carbocycles. The van der Waals surface area contributed by atoms with E-state index < -0.39 is 0 Å². The van der Waals surface area contributed by atoms with E-state index in [-0.39, 0.29) is 11.3 Å². The minimum Gasteiger partial charge on any atom is -0.322 e. The summed E-state index contributed by atoms with van der Waals surface area (Å²) in [6, 6.07) is 12.7. The Bertz CT molecular complexity index is 735. The Morgan fingerprint density at radius 3 is 2.59 bits per heavy atom. The number of hydrogen-bond acceptors (Lipinski definition) is 3. The number of hydrogen-bond donors (Lipinski definition) is 1. The van der Waals surface area contributed by atoms with Crippen molar-refractivity contribution in [2.75, 3.05) is 11.1 Å². The van der Waals surface area contributed by atoms with Crippen molar-refractivity contribution in [2.45, 2.75) is 24.2 Å². The first-order valence-corrected chi connectivity index (χ1v) is 8.12. The standard InChI is InChI=1S/C18H17NO2S/c1-18(2)11-22-16-8-5-13(9-15(16)18)17(21)19-14-6-3-12(10-20)4-7-14/h3-10H,11H2,1-2H3,(H,19,21). The van der Waals surface area contributed by atoms with Crippen LogP contribution in [0.4, 0.5) is 5.69 Å².